The third kappa shape index (κ3) is 5.59. The minimum atomic E-state index is -0.910. The maximum atomic E-state index is 9.96. The van der Waals surface area contributed by atoms with Gasteiger partial charge in [-0.25, -0.2) is 0 Å². The van der Waals surface area contributed by atoms with Gasteiger partial charge < -0.3 is 10.8 Å². The Morgan fingerprint density at radius 1 is 1.78 bits per heavy atom. The van der Waals surface area contributed by atoms with Crippen LogP contribution in [-0.2, 0) is 4.79 Å². The van der Waals surface area contributed by atoms with E-state index in [1.54, 1.807) is 0 Å². The lowest BCUT2D eigenvalue weighted by atomic mass is 10.2. The van der Waals surface area contributed by atoms with Crippen LogP contribution < -0.4 is 5.73 Å². The molecule has 0 amide bonds. The van der Waals surface area contributed by atoms with Crippen LogP contribution in [0.3, 0.4) is 0 Å². The van der Waals surface area contributed by atoms with Crippen molar-refractivity contribution in [3.63, 3.8) is 0 Å². The van der Waals surface area contributed by atoms with E-state index in [0.717, 1.165) is 6.42 Å². The van der Waals surface area contributed by atoms with Gasteiger partial charge in [-0.1, -0.05) is 13.3 Å². The maximum Gasteiger partial charge on any atom is 0.320 e. The summed E-state index contributed by atoms with van der Waals surface area (Å²) in [5.41, 5.74) is 5.13. The summed E-state index contributed by atoms with van der Waals surface area (Å²) >= 11 is 0. The number of nitrogens with two attached hydrogens (primary N) is 1. The monoisotopic (exact) mass is 153 g/mol. The Balaban J connectivity index is 0. The molecule has 0 aliphatic carbocycles. The predicted octanol–water partition coefficient (Wildman–Crippen LogP) is 0.620. The van der Waals surface area contributed by atoms with E-state index < -0.39 is 12.0 Å². The van der Waals surface area contributed by atoms with E-state index in [4.69, 9.17) is 10.8 Å². The molecule has 0 saturated carbocycles. The van der Waals surface area contributed by atoms with Crippen molar-refractivity contribution >= 4 is 18.4 Å². The lowest BCUT2D eigenvalue weighted by Crippen LogP contribution is -2.29. The SMILES string of the molecule is CCC[C@@H](N)C(=O)O.Cl. The second-order valence-electron chi connectivity index (χ2n) is 1.73. The van der Waals surface area contributed by atoms with Crippen molar-refractivity contribution in [1.82, 2.24) is 0 Å². The van der Waals surface area contributed by atoms with Crippen LogP contribution in [0.4, 0.5) is 0 Å². The average Bonchev–Trinajstić information content (AvgIpc) is 1.67. The highest BCUT2D eigenvalue weighted by molar-refractivity contribution is 5.85. The van der Waals surface area contributed by atoms with E-state index in [0.29, 0.717) is 6.42 Å². The van der Waals surface area contributed by atoms with Gasteiger partial charge in [-0.05, 0) is 6.42 Å². The summed E-state index contributed by atoms with van der Waals surface area (Å²) in [6.45, 7) is 1.91. The Labute approximate surface area is 60.6 Å². The zero-order valence-electron chi connectivity index (χ0n) is 5.33. The van der Waals surface area contributed by atoms with Gasteiger partial charge in [-0.2, -0.15) is 0 Å². The molecule has 4 heteroatoms. The van der Waals surface area contributed by atoms with Crippen molar-refractivity contribution in [2.75, 3.05) is 0 Å². The van der Waals surface area contributed by atoms with E-state index in [1.807, 2.05) is 6.92 Å². The zero-order valence-corrected chi connectivity index (χ0v) is 6.15. The fourth-order valence-electron chi connectivity index (χ4n) is 0.434. The van der Waals surface area contributed by atoms with Crippen LogP contribution in [0.2, 0.25) is 0 Å². The molecule has 0 fully saturated rings. The van der Waals surface area contributed by atoms with Gasteiger partial charge >= 0.3 is 5.97 Å². The molecule has 1 atom stereocenters. The van der Waals surface area contributed by atoms with Crippen molar-refractivity contribution in [2.24, 2.45) is 5.73 Å². The lowest BCUT2D eigenvalue weighted by molar-refractivity contribution is -0.138. The topological polar surface area (TPSA) is 63.3 Å². The van der Waals surface area contributed by atoms with E-state index in [1.165, 1.54) is 0 Å². The van der Waals surface area contributed by atoms with Gasteiger partial charge in [0.2, 0.25) is 0 Å². The van der Waals surface area contributed by atoms with Crippen LogP contribution in [0.5, 0.6) is 0 Å². The summed E-state index contributed by atoms with van der Waals surface area (Å²) in [7, 11) is 0. The van der Waals surface area contributed by atoms with Crippen molar-refractivity contribution in [3.8, 4) is 0 Å². The first kappa shape index (κ1) is 11.5. The minimum absolute atomic E-state index is 0. The van der Waals surface area contributed by atoms with Gasteiger partial charge in [0.1, 0.15) is 6.04 Å². The molecule has 0 bridgehead atoms. The van der Waals surface area contributed by atoms with Gasteiger partial charge in [0.15, 0.2) is 0 Å². The van der Waals surface area contributed by atoms with Crippen molar-refractivity contribution in [2.45, 2.75) is 25.8 Å². The number of carbonyl (C=O) groups is 1. The summed E-state index contributed by atoms with van der Waals surface area (Å²) in [6.07, 6.45) is 1.39. The molecule has 3 nitrogen and oxygen atoms in total. The number of hydrogen-bond acceptors (Lipinski definition) is 2. The normalized spacial score (nSPS) is 11.8. The summed E-state index contributed by atoms with van der Waals surface area (Å²) in [4.78, 5) is 9.96. The Morgan fingerprint density at radius 2 is 2.22 bits per heavy atom. The number of rotatable bonds is 3. The van der Waals surface area contributed by atoms with E-state index in [-0.39, 0.29) is 12.4 Å². The summed E-state index contributed by atoms with van der Waals surface area (Å²) in [5, 5.41) is 8.19. The Hall–Kier alpha value is -0.280. The van der Waals surface area contributed by atoms with Crippen LogP contribution >= 0.6 is 12.4 Å². The Bertz CT molecular complexity index is 87.0. The fraction of sp³-hybridized carbons (Fsp3) is 0.800. The standard InChI is InChI=1S/C5H11NO2.ClH/c1-2-3-4(6)5(7)8;/h4H,2-3,6H2,1H3,(H,7,8);1H/t4-;/m1./s1. The van der Waals surface area contributed by atoms with E-state index in [9.17, 15) is 4.79 Å². The largest absolute Gasteiger partial charge is 0.480 e. The molecular weight excluding hydrogens is 142 g/mol. The number of halogens is 1. The third-order valence-electron chi connectivity index (χ3n) is 0.917. The van der Waals surface area contributed by atoms with Gasteiger partial charge in [0, 0.05) is 0 Å². The quantitative estimate of drug-likeness (QED) is 0.625. The van der Waals surface area contributed by atoms with Gasteiger partial charge in [-0.3, -0.25) is 4.79 Å². The van der Waals surface area contributed by atoms with E-state index >= 15 is 0 Å². The Morgan fingerprint density at radius 3 is 2.33 bits per heavy atom. The molecule has 3 N–H and O–H groups in total. The highest BCUT2D eigenvalue weighted by Crippen LogP contribution is 1.91. The first-order valence-corrected chi connectivity index (χ1v) is 2.67. The molecule has 0 aromatic rings. The molecule has 0 aliphatic rings. The molecule has 0 aliphatic heterocycles. The number of hydrogen-bond donors (Lipinski definition) is 2. The second-order valence-corrected chi connectivity index (χ2v) is 1.73. The molecule has 0 spiro atoms. The molecular formula is C5H12ClNO2. The second kappa shape index (κ2) is 5.85. The van der Waals surface area contributed by atoms with Crippen molar-refractivity contribution in [3.05, 3.63) is 0 Å². The van der Waals surface area contributed by atoms with Gasteiger partial charge in [-0.15, -0.1) is 12.4 Å². The molecule has 0 unspecified atom stereocenters. The first-order valence-electron chi connectivity index (χ1n) is 2.67. The van der Waals surface area contributed by atoms with Crippen LogP contribution in [0, 0.1) is 0 Å². The fourth-order valence-corrected chi connectivity index (χ4v) is 0.434. The molecule has 56 valence electrons. The highest BCUT2D eigenvalue weighted by atomic mass is 35.5. The summed E-state index contributed by atoms with van der Waals surface area (Å²) in [5.74, 6) is -0.910. The summed E-state index contributed by atoms with van der Waals surface area (Å²) < 4.78 is 0. The maximum absolute atomic E-state index is 9.96. The molecule has 0 saturated heterocycles. The van der Waals surface area contributed by atoms with Gasteiger partial charge in [0.05, 0.1) is 0 Å². The zero-order chi connectivity index (χ0) is 6.57. The molecule has 0 aromatic carbocycles. The summed E-state index contributed by atoms with van der Waals surface area (Å²) in [6, 6.07) is -0.667. The third-order valence-corrected chi connectivity index (χ3v) is 0.917. The predicted molar refractivity (Wildman–Crippen MR) is 37.8 cm³/mol. The van der Waals surface area contributed by atoms with Crippen LogP contribution in [0.15, 0.2) is 0 Å². The van der Waals surface area contributed by atoms with Crippen LogP contribution in [0.1, 0.15) is 19.8 Å². The molecule has 0 rings (SSSR count). The molecule has 9 heavy (non-hydrogen) atoms. The van der Waals surface area contributed by atoms with Crippen molar-refractivity contribution in [1.29, 1.82) is 0 Å². The smallest absolute Gasteiger partial charge is 0.320 e. The average molecular weight is 154 g/mol. The minimum Gasteiger partial charge on any atom is -0.480 e. The molecule has 0 radical (unpaired) electrons. The van der Waals surface area contributed by atoms with E-state index in [2.05, 4.69) is 0 Å². The number of aliphatic carboxylic acids is 1. The van der Waals surface area contributed by atoms with Crippen molar-refractivity contribution < 1.29 is 9.90 Å². The highest BCUT2D eigenvalue weighted by Gasteiger charge is 2.07. The molecule has 0 heterocycles. The first-order chi connectivity index (χ1) is 3.68. The lowest BCUT2D eigenvalue weighted by Gasteiger charge is -2.00. The Kier molecular flexibility index (Phi) is 7.48. The van der Waals surface area contributed by atoms with Crippen LogP contribution in [0.25, 0.3) is 0 Å². The molecule has 0 aromatic heterocycles. The number of carboxylic acids is 1. The van der Waals surface area contributed by atoms with Gasteiger partial charge in [0.25, 0.3) is 0 Å². The van der Waals surface area contributed by atoms with Crippen LogP contribution in [-0.4, -0.2) is 17.1 Å². The number of carboxylic acid groups (broad SMARTS) is 1.